The Labute approximate surface area is 177 Å². The first-order valence-corrected chi connectivity index (χ1v) is 10.5. The highest BCUT2D eigenvalue weighted by Crippen LogP contribution is 2.29. The highest BCUT2D eigenvalue weighted by Gasteiger charge is 2.34. The van der Waals surface area contributed by atoms with Crippen molar-refractivity contribution < 1.29 is 27.8 Å². The molecule has 0 bridgehead atoms. The molecule has 9 heteroatoms. The first kappa shape index (κ1) is 21.9. The number of hydrogen-bond acceptors (Lipinski definition) is 5. The second kappa shape index (κ2) is 10.3. The van der Waals surface area contributed by atoms with Crippen molar-refractivity contribution in [3.8, 4) is 11.5 Å². The van der Waals surface area contributed by atoms with Gasteiger partial charge in [-0.3, -0.25) is 9.59 Å². The first-order chi connectivity index (χ1) is 14.5. The lowest BCUT2D eigenvalue weighted by Crippen LogP contribution is -2.47. The molecule has 6 nitrogen and oxygen atoms in total. The van der Waals surface area contributed by atoms with E-state index in [-0.39, 0.29) is 23.3 Å². The van der Waals surface area contributed by atoms with Crippen LogP contribution in [0.5, 0.6) is 11.5 Å². The highest BCUT2D eigenvalue weighted by molar-refractivity contribution is 7.99. The molecule has 1 unspecified atom stereocenters. The Hall–Kier alpha value is -2.81. The number of thioether (sulfide) groups is 1. The van der Waals surface area contributed by atoms with E-state index in [9.17, 15) is 18.4 Å². The van der Waals surface area contributed by atoms with Crippen LogP contribution in [0, 0.1) is 0 Å². The van der Waals surface area contributed by atoms with Crippen molar-refractivity contribution in [1.82, 2.24) is 10.2 Å². The lowest BCUT2D eigenvalue weighted by atomic mass is 10.1. The normalized spacial score (nSPS) is 15.9. The van der Waals surface area contributed by atoms with Crippen molar-refractivity contribution in [2.75, 3.05) is 25.3 Å². The summed E-state index contributed by atoms with van der Waals surface area (Å²) in [6, 6.07) is 13.0. The van der Waals surface area contributed by atoms with Crippen LogP contribution in [0.1, 0.15) is 15.9 Å². The maximum Gasteiger partial charge on any atom is 0.387 e. The molecule has 2 amide bonds. The average molecular weight is 436 g/mol. The van der Waals surface area contributed by atoms with Gasteiger partial charge in [0.05, 0.1) is 13.0 Å². The van der Waals surface area contributed by atoms with Gasteiger partial charge in [-0.15, -0.1) is 11.8 Å². The van der Waals surface area contributed by atoms with Gasteiger partial charge in [-0.05, 0) is 36.2 Å². The minimum atomic E-state index is -2.96. The molecule has 1 saturated heterocycles. The molecule has 1 heterocycles. The molecule has 0 spiro atoms. The zero-order valence-electron chi connectivity index (χ0n) is 16.3. The quantitative estimate of drug-likeness (QED) is 0.689. The fraction of sp³-hybridized carbons (Fsp3) is 0.333. The lowest BCUT2D eigenvalue weighted by molar-refractivity contribution is -0.124. The molecule has 0 radical (unpaired) electrons. The SMILES string of the molecule is COc1ccc(CCNC(=O)C2CSCN2C(=O)c2ccccc2)cc1OC(F)F. The van der Waals surface area contributed by atoms with Crippen molar-refractivity contribution in [2.45, 2.75) is 19.1 Å². The molecule has 1 N–H and O–H groups in total. The fourth-order valence-corrected chi connectivity index (χ4v) is 4.27. The Morgan fingerprint density at radius 1 is 1.20 bits per heavy atom. The van der Waals surface area contributed by atoms with E-state index in [0.717, 1.165) is 0 Å². The van der Waals surface area contributed by atoms with Gasteiger partial charge in [0.1, 0.15) is 6.04 Å². The van der Waals surface area contributed by atoms with Gasteiger partial charge in [0.25, 0.3) is 5.91 Å². The largest absolute Gasteiger partial charge is 0.493 e. The third-order valence-electron chi connectivity index (χ3n) is 4.62. The zero-order valence-corrected chi connectivity index (χ0v) is 17.2. The van der Waals surface area contributed by atoms with Gasteiger partial charge in [0.15, 0.2) is 11.5 Å². The summed E-state index contributed by atoms with van der Waals surface area (Å²) in [5.41, 5.74) is 1.26. The number of benzene rings is 2. The van der Waals surface area contributed by atoms with Crippen LogP contribution in [-0.4, -0.2) is 54.7 Å². The van der Waals surface area contributed by atoms with E-state index in [4.69, 9.17) is 4.74 Å². The Kier molecular flexibility index (Phi) is 7.51. The van der Waals surface area contributed by atoms with Gasteiger partial charge in [-0.25, -0.2) is 0 Å². The second-order valence-electron chi connectivity index (χ2n) is 6.56. The number of carbonyl (C=O) groups excluding carboxylic acids is 2. The number of amides is 2. The lowest BCUT2D eigenvalue weighted by Gasteiger charge is -2.23. The Balaban J connectivity index is 1.57. The molecule has 1 atom stereocenters. The number of carbonyl (C=O) groups is 2. The Bertz CT molecular complexity index is 883. The van der Waals surface area contributed by atoms with Crippen LogP contribution in [0.25, 0.3) is 0 Å². The standard InChI is InChI=1S/C21H22F2N2O4S/c1-28-17-8-7-14(11-18(17)29-21(22)23)9-10-24-19(26)16-12-30-13-25(16)20(27)15-5-3-2-4-6-15/h2-8,11,16,21H,9-10,12-13H2,1H3,(H,24,26). The smallest absolute Gasteiger partial charge is 0.387 e. The molecule has 2 aromatic rings. The zero-order chi connectivity index (χ0) is 21.5. The van der Waals surface area contributed by atoms with Crippen molar-refractivity contribution in [3.63, 3.8) is 0 Å². The van der Waals surface area contributed by atoms with Crippen molar-refractivity contribution in [3.05, 3.63) is 59.7 Å². The molecule has 160 valence electrons. The summed E-state index contributed by atoms with van der Waals surface area (Å²) in [6.07, 6.45) is 0.418. The van der Waals surface area contributed by atoms with E-state index < -0.39 is 12.7 Å². The molecule has 0 saturated carbocycles. The summed E-state index contributed by atoms with van der Waals surface area (Å²) in [7, 11) is 1.37. The fourth-order valence-electron chi connectivity index (χ4n) is 3.12. The molecule has 1 aliphatic rings. The van der Waals surface area contributed by atoms with Gasteiger partial charge >= 0.3 is 6.61 Å². The summed E-state index contributed by atoms with van der Waals surface area (Å²) in [5.74, 6) is 0.730. The Morgan fingerprint density at radius 2 is 1.97 bits per heavy atom. The van der Waals surface area contributed by atoms with E-state index in [1.807, 2.05) is 6.07 Å². The summed E-state index contributed by atoms with van der Waals surface area (Å²) >= 11 is 1.53. The van der Waals surface area contributed by atoms with Crippen LogP contribution in [0.4, 0.5) is 8.78 Å². The van der Waals surface area contributed by atoms with Crippen molar-refractivity contribution >= 4 is 23.6 Å². The minimum Gasteiger partial charge on any atom is -0.493 e. The summed E-state index contributed by atoms with van der Waals surface area (Å²) < 4.78 is 34.6. The van der Waals surface area contributed by atoms with Gasteiger partial charge in [0.2, 0.25) is 5.91 Å². The number of ether oxygens (including phenoxy) is 2. The summed E-state index contributed by atoms with van der Waals surface area (Å²) in [5, 5.41) is 2.83. The average Bonchev–Trinajstić information content (AvgIpc) is 3.23. The molecule has 1 aliphatic heterocycles. The predicted octanol–water partition coefficient (Wildman–Crippen LogP) is 3.17. The monoisotopic (exact) mass is 436 g/mol. The van der Waals surface area contributed by atoms with Crippen molar-refractivity contribution in [1.29, 1.82) is 0 Å². The minimum absolute atomic E-state index is 0.0526. The Morgan fingerprint density at radius 3 is 2.67 bits per heavy atom. The third-order valence-corrected chi connectivity index (χ3v) is 5.64. The number of alkyl halides is 2. The van der Waals surface area contributed by atoms with Gasteiger partial charge in [0, 0.05) is 17.9 Å². The number of nitrogens with zero attached hydrogens (tertiary/aromatic N) is 1. The number of hydrogen-bond donors (Lipinski definition) is 1. The molecule has 3 rings (SSSR count). The van der Waals surface area contributed by atoms with Crippen LogP contribution >= 0.6 is 11.8 Å². The second-order valence-corrected chi connectivity index (χ2v) is 7.56. The van der Waals surface area contributed by atoms with Crippen LogP contribution in [0.3, 0.4) is 0 Å². The molecular weight excluding hydrogens is 414 g/mol. The number of halogens is 2. The molecule has 30 heavy (non-hydrogen) atoms. The van der Waals surface area contributed by atoms with Gasteiger partial charge < -0.3 is 19.7 Å². The van der Waals surface area contributed by atoms with E-state index >= 15 is 0 Å². The number of rotatable bonds is 8. The number of methoxy groups -OCH3 is 1. The van der Waals surface area contributed by atoms with E-state index in [1.165, 1.54) is 24.9 Å². The summed E-state index contributed by atoms with van der Waals surface area (Å²) in [6.45, 7) is -2.66. The van der Waals surface area contributed by atoms with Crippen molar-refractivity contribution in [2.24, 2.45) is 0 Å². The molecule has 0 aromatic heterocycles. The summed E-state index contributed by atoms with van der Waals surface area (Å²) in [4.78, 5) is 26.9. The third kappa shape index (κ3) is 5.41. The maximum atomic E-state index is 12.7. The van der Waals surface area contributed by atoms with Gasteiger partial charge in [-0.1, -0.05) is 24.3 Å². The molecule has 1 fully saturated rings. The molecular formula is C21H22F2N2O4S. The van der Waals surface area contributed by atoms with Gasteiger partial charge in [-0.2, -0.15) is 8.78 Å². The highest BCUT2D eigenvalue weighted by atomic mass is 32.2. The van der Waals surface area contributed by atoms with E-state index in [0.29, 0.717) is 35.7 Å². The van der Waals surface area contributed by atoms with E-state index in [2.05, 4.69) is 10.1 Å². The van der Waals surface area contributed by atoms with Crippen LogP contribution in [0.15, 0.2) is 48.5 Å². The van der Waals surface area contributed by atoms with E-state index in [1.54, 1.807) is 41.3 Å². The van der Waals surface area contributed by atoms with Crippen LogP contribution in [-0.2, 0) is 11.2 Å². The van der Waals surface area contributed by atoms with Crippen LogP contribution in [0.2, 0.25) is 0 Å². The maximum absolute atomic E-state index is 12.7. The first-order valence-electron chi connectivity index (χ1n) is 9.33. The topological polar surface area (TPSA) is 67.9 Å². The molecule has 0 aliphatic carbocycles. The number of nitrogens with one attached hydrogen (secondary N) is 1. The molecule has 2 aromatic carbocycles. The predicted molar refractivity (Wildman–Crippen MR) is 110 cm³/mol. The van der Waals surface area contributed by atoms with Crippen LogP contribution < -0.4 is 14.8 Å².